The molecule has 2 N–H and O–H groups in total. The first kappa shape index (κ1) is 8.69. The predicted octanol–water partition coefficient (Wildman–Crippen LogP) is 1.83. The Morgan fingerprint density at radius 2 is 2.23 bits per heavy atom. The number of aromatic nitrogens is 1. The Morgan fingerprint density at radius 3 is 2.62 bits per heavy atom. The molecule has 1 saturated carbocycles. The minimum Gasteiger partial charge on any atom is -0.445 e. The largest absolute Gasteiger partial charge is 0.445 e. The zero-order valence-electron chi connectivity index (χ0n) is 7.80. The summed E-state index contributed by atoms with van der Waals surface area (Å²) in [6.45, 7) is 2.83. The number of nitrogens with zero attached hydrogens (tertiary/aromatic N) is 1. The molecule has 4 heteroatoms. The quantitative estimate of drug-likeness (QED) is 0.762. The van der Waals surface area contributed by atoms with Crippen LogP contribution in [0.25, 0.3) is 0 Å². The fourth-order valence-corrected chi connectivity index (χ4v) is 1.17. The van der Waals surface area contributed by atoms with Crippen LogP contribution in [0, 0.1) is 0 Å². The Morgan fingerprint density at radius 1 is 1.62 bits per heavy atom. The zero-order valence-corrected chi connectivity index (χ0v) is 7.80. The molecular formula is C9H13FN2O. The van der Waals surface area contributed by atoms with Crippen LogP contribution in [0.3, 0.4) is 0 Å². The van der Waals surface area contributed by atoms with Gasteiger partial charge in [0.1, 0.15) is 6.26 Å². The smallest absolute Gasteiger partial charge is 0.231 e. The Labute approximate surface area is 76.1 Å². The number of halogens is 1. The average molecular weight is 184 g/mol. The molecule has 0 spiro atoms. The van der Waals surface area contributed by atoms with Gasteiger partial charge in [-0.25, -0.2) is 9.37 Å². The van der Waals surface area contributed by atoms with Gasteiger partial charge >= 0.3 is 0 Å². The molecule has 3 nitrogen and oxygen atoms in total. The summed E-state index contributed by atoms with van der Waals surface area (Å²) in [7, 11) is 0. The minimum absolute atomic E-state index is 0.110. The number of hydrogen-bond acceptors (Lipinski definition) is 3. The normalized spacial score (nSPS) is 20.3. The molecule has 1 aliphatic carbocycles. The van der Waals surface area contributed by atoms with Gasteiger partial charge in [0.25, 0.3) is 0 Å². The second-order valence-electron chi connectivity index (χ2n) is 4.17. The van der Waals surface area contributed by atoms with Gasteiger partial charge in [-0.3, -0.25) is 0 Å². The van der Waals surface area contributed by atoms with Crippen molar-refractivity contribution in [3.05, 3.63) is 17.8 Å². The maximum Gasteiger partial charge on any atom is 0.231 e. The molecule has 13 heavy (non-hydrogen) atoms. The summed E-state index contributed by atoms with van der Waals surface area (Å²) in [5.41, 5.74) is 4.69. The maximum atomic E-state index is 13.3. The summed E-state index contributed by atoms with van der Waals surface area (Å²) in [5.74, 6) is 0.110. The van der Waals surface area contributed by atoms with Gasteiger partial charge < -0.3 is 10.2 Å². The maximum absolute atomic E-state index is 13.3. The Balaban J connectivity index is 2.29. The van der Waals surface area contributed by atoms with Crippen molar-refractivity contribution in [2.75, 3.05) is 0 Å². The van der Waals surface area contributed by atoms with Crippen LogP contribution in [0.15, 0.2) is 10.7 Å². The molecule has 72 valence electrons. The number of hydrogen-bond donors (Lipinski definition) is 1. The van der Waals surface area contributed by atoms with Crippen LogP contribution in [0.5, 0.6) is 0 Å². The molecule has 0 bridgehead atoms. The van der Waals surface area contributed by atoms with Gasteiger partial charge in [0.05, 0.1) is 11.2 Å². The molecule has 0 aromatic carbocycles. The lowest BCUT2D eigenvalue weighted by Crippen LogP contribution is -2.20. The van der Waals surface area contributed by atoms with Crippen LogP contribution in [0.1, 0.15) is 38.3 Å². The molecule has 1 aliphatic rings. The van der Waals surface area contributed by atoms with Crippen molar-refractivity contribution in [1.29, 1.82) is 0 Å². The third-order valence-electron chi connectivity index (χ3n) is 2.31. The van der Waals surface area contributed by atoms with E-state index in [9.17, 15) is 4.39 Å². The van der Waals surface area contributed by atoms with E-state index in [0.717, 1.165) is 12.8 Å². The monoisotopic (exact) mass is 184 g/mol. The van der Waals surface area contributed by atoms with Crippen LogP contribution in [-0.4, -0.2) is 4.98 Å². The molecular weight excluding hydrogens is 171 g/mol. The molecule has 0 unspecified atom stereocenters. The molecule has 0 radical (unpaired) electrons. The van der Waals surface area contributed by atoms with Crippen molar-refractivity contribution in [2.24, 2.45) is 5.73 Å². The highest BCUT2D eigenvalue weighted by Gasteiger charge is 2.43. The predicted molar refractivity (Wildman–Crippen MR) is 45.7 cm³/mol. The standard InChI is InChI=1S/C9H13FN2O/c1-8(2,10)7-12-6(5-13-7)9(11)3-4-9/h5H,3-4,11H2,1-2H3. The van der Waals surface area contributed by atoms with Gasteiger partial charge in [-0.15, -0.1) is 0 Å². The van der Waals surface area contributed by atoms with Gasteiger partial charge in [0.15, 0.2) is 5.67 Å². The van der Waals surface area contributed by atoms with Crippen LogP contribution in [0.4, 0.5) is 4.39 Å². The van der Waals surface area contributed by atoms with Crippen LogP contribution in [-0.2, 0) is 11.2 Å². The zero-order chi connectivity index (χ0) is 9.69. The van der Waals surface area contributed by atoms with Crippen LogP contribution in [0.2, 0.25) is 0 Å². The van der Waals surface area contributed by atoms with Crippen molar-refractivity contribution in [2.45, 2.75) is 37.9 Å². The first-order valence-corrected chi connectivity index (χ1v) is 4.36. The second-order valence-corrected chi connectivity index (χ2v) is 4.17. The van der Waals surface area contributed by atoms with Gasteiger partial charge in [-0.2, -0.15) is 0 Å². The van der Waals surface area contributed by atoms with E-state index in [2.05, 4.69) is 4.98 Å². The third-order valence-corrected chi connectivity index (χ3v) is 2.31. The Bertz CT molecular complexity index is 303. The van der Waals surface area contributed by atoms with Crippen molar-refractivity contribution >= 4 is 0 Å². The van der Waals surface area contributed by atoms with E-state index >= 15 is 0 Å². The summed E-state index contributed by atoms with van der Waals surface area (Å²) < 4.78 is 18.4. The fourth-order valence-electron chi connectivity index (χ4n) is 1.17. The highest BCUT2D eigenvalue weighted by Crippen LogP contribution is 2.42. The van der Waals surface area contributed by atoms with Gasteiger partial charge in [0, 0.05) is 0 Å². The number of rotatable bonds is 2. The molecule has 1 aromatic heterocycles. The van der Waals surface area contributed by atoms with Crippen molar-refractivity contribution < 1.29 is 8.81 Å². The van der Waals surface area contributed by atoms with Gasteiger partial charge in [-0.1, -0.05) is 0 Å². The fraction of sp³-hybridized carbons (Fsp3) is 0.667. The van der Waals surface area contributed by atoms with Crippen LogP contribution >= 0.6 is 0 Å². The molecule has 0 atom stereocenters. The van der Waals surface area contributed by atoms with E-state index in [-0.39, 0.29) is 11.4 Å². The van der Waals surface area contributed by atoms with Crippen molar-refractivity contribution in [3.8, 4) is 0 Å². The van der Waals surface area contributed by atoms with E-state index in [1.807, 2.05) is 0 Å². The summed E-state index contributed by atoms with van der Waals surface area (Å²) in [4.78, 5) is 4.05. The molecule has 0 saturated heterocycles. The molecule has 2 rings (SSSR count). The average Bonchev–Trinajstić information content (AvgIpc) is 2.60. The summed E-state index contributed by atoms with van der Waals surface area (Å²) in [5, 5.41) is 0. The van der Waals surface area contributed by atoms with Gasteiger partial charge in [-0.05, 0) is 26.7 Å². The van der Waals surface area contributed by atoms with E-state index in [0.29, 0.717) is 5.69 Å². The molecule has 1 fully saturated rings. The van der Waals surface area contributed by atoms with Crippen LogP contribution < -0.4 is 5.73 Å². The van der Waals surface area contributed by atoms with E-state index in [4.69, 9.17) is 10.2 Å². The Kier molecular flexibility index (Phi) is 1.55. The van der Waals surface area contributed by atoms with Crippen molar-refractivity contribution in [3.63, 3.8) is 0 Å². The number of alkyl halides is 1. The first-order chi connectivity index (χ1) is 5.92. The molecule has 0 aliphatic heterocycles. The minimum atomic E-state index is -1.52. The third kappa shape index (κ3) is 1.46. The lowest BCUT2D eigenvalue weighted by molar-refractivity contribution is 0.170. The second kappa shape index (κ2) is 2.32. The lowest BCUT2D eigenvalue weighted by atomic mass is 10.2. The summed E-state index contributed by atoms with van der Waals surface area (Å²) >= 11 is 0. The highest BCUT2D eigenvalue weighted by molar-refractivity contribution is 5.19. The number of nitrogens with two attached hydrogens (primary N) is 1. The highest BCUT2D eigenvalue weighted by atomic mass is 19.1. The molecule has 0 amide bonds. The number of oxazole rings is 1. The molecule has 1 heterocycles. The van der Waals surface area contributed by atoms with Gasteiger partial charge in [0.2, 0.25) is 5.89 Å². The van der Waals surface area contributed by atoms with Crippen molar-refractivity contribution in [1.82, 2.24) is 4.98 Å². The SMILES string of the molecule is CC(C)(F)c1nc(C2(N)CC2)co1. The topological polar surface area (TPSA) is 52.0 Å². The van der Waals surface area contributed by atoms with E-state index < -0.39 is 5.67 Å². The lowest BCUT2D eigenvalue weighted by Gasteiger charge is -2.07. The van der Waals surface area contributed by atoms with E-state index in [1.165, 1.54) is 20.1 Å². The van der Waals surface area contributed by atoms with E-state index in [1.54, 1.807) is 0 Å². The Hall–Kier alpha value is -0.900. The summed E-state index contributed by atoms with van der Waals surface area (Å²) in [6.07, 6.45) is 3.28. The summed E-state index contributed by atoms with van der Waals surface area (Å²) in [6, 6.07) is 0. The first-order valence-electron chi connectivity index (χ1n) is 4.36. The molecule has 1 aromatic rings.